The monoisotopic (exact) mass is 224 g/mol. The average molecular weight is 224 g/mol. The van der Waals surface area contributed by atoms with Crippen LogP contribution in [0.25, 0.3) is 0 Å². The molecule has 0 aromatic carbocycles. The van der Waals surface area contributed by atoms with Crippen molar-refractivity contribution < 1.29 is 19.1 Å². The van der Waals surface area contributed by atoms with E-state index >= 15 is 0 Å². The number of rotatable bonds is 6. The van der Waals surface area contributed by atoms with Crippen molar-refractivity contribution in [3.05, 3.63) is 30.5 Å². The maximum atomic E-state index is 11.4. The van der Waals surface area contributed by atoms with Gasteiger partial charge in [0.1, 0.15) is 0 Å². The van der Waals surface area contributed by atoms with Gasteiger partial charge in [-0.3, -0.25) is 9.59 Å². The van der Waals surface area contributed by atoms with Crippen LogP contribution in [0.4, 0.5) is 0 Å². The summed E-state index contributed by atoms with van der Waals surface area (Å²) in [6.45, 7) is 7.05. The molecule has 0 radical (unpaired) electrons. The Balaban J connectivity index is 4.78. The van der Waals surface area contributed by atoms with E-state index in [0.29, 0.717) is 6.42 Å². The van der Waals surface area contributed by atoms with E-state index in [2.05, 4.69) is 28.4 Å². The molecule has 0 saturated heterocycles. The van der Waals surface area contributed by atoms with Gasteiger partial charge in [-0.25, -0.2) is 0 Å². The van der Waals surface area contributed by atoms with Crippen LogP contribution in [-0.4, -0.2) is 26.2 Å². The smallest absolute Gasteiger partial charge is 0.320 e. The Kier molecular flexibility index (Phi) is 6.64. The number of carbonyl (C=O) groups excluding carboxylic acids is 2. The van der Waals surface area contributed by atoms with Crippen LogP contribution in [0.5, 0.6) is 0 Å². The fraction of sp³-hybridized carbons (Fsp3) is 0.417. The largest absolute Gasteiger partial charge is 0.468 e. The lowest BCUT2D eigenvalue weighted by Crippen LogP contribution is -2.26. The molecule has 0 fully saturated rings. The molecule has 0 rings (SSSR count). The Hall–Kier alpha value is -1.80. The molecule has 0 aromatic rings. The maximum Gasteiger partial charge on any atom is 0.320 e. The molecular weight excluding hydrogens is 208 g/mol. The molecule has 16 heavy (non-hydrogen) atoms. The molecule has 0 N–H and O–H groups in total. The summed E-state index contributed by atoms with van der Waals surface area (Å²) < 4.78 is 9.06. The molecule has 4 heteroatoms. The predicted octanol–water partition coefficient (Wildman–Crippen LogP) is 1.63. The average Bonchev–Trinajstić information content (AvgIpc) is 2.32. The van der Waals surface area contributed by atoms with Gasteiger partial charge in [-0.1, -0.05) is 12.7 Å². The van der Waals surface area contributed by atoms with E-state index < -0.39 is 17.9 Å². The highest BCUT2D eigenvalue weighted by molar-refractivity contribution is 5.95. The Morgan fingerprint density at radius 2 is 1.81 bits per heavy atom. The summed E-state index contributed by atoms with van der Waals surface area (Å²) in [5.74, 6) is -2.20. The van der Waals surface area contributed by atoms with Crippen LogP contribution in [0.2, 0.25) is 0 Å². The van der Waals surface area contributed by atoms with Crippen molar-refractivity contribution in [3.8, 4) is 0 Å². The molecule has 4 nitrogen and oxygen atoms in total. The summed E-state index contributed by atoms with van der Waals surface area (Å²) in [7, 11) is 2.45. The summed E-state index contributed by atoms with van der Waals surface area (Å²) in [6.07, 6.45) is 2.36. The van der Waals surface area contributed by atoms with Gasteiger partial charge < -0.3 is 9.47 Å². The van der Waals surface area contributed by atoms with Gasteiger partial charge in [0.2, 0.25) is 0 Å². The first kappa shape index (κ1) is 14.2. The van der Waals surface area contributed by atoms with Crippen LogP contribution in [0, 0.1) is 5.92 Å². The second kappa shape index (κ2) is 7.49. The highest BCUT2D eigenvalue weighted by Gasteiger charge is 2.29. The van der Waals surface area contributed by atoms with Gasteiger partial charge >= 0.3 is 11.9 Å². The number of ether oxygens (including phenoxy) is 2. The lowest BCUT2D eigenvalue weighted by molar-refractivity contribution is -0.158. The molecule has 0 saturated carbocycles. The first-order valence-electron chi connectivity index (χ1n) is 4.75. The zero-order valence-corrected chi connectivity index (χ0v) is 9.62. The number of allylic oxidation sites excluding steroid dienone is 2. The molecule has 0 aliphatic rings. The summed E-state index contributed by atoms with van der Waals surface area (Å²) >= 11 is 0. The fourth-order valence-corrected chi connectivity index (χ4v) is 1.20. The molecule has 0 aliphatic carbocycles. The highest BCUT2D eigenvalue weighted by atomic mass is 16.5. The Bertz CT molecular complexity index is 308. The topological polar surface area (TPSA) is 52.6 Å². The van der Waals surface area contributed by atoms with Crippen LogP contribution in [0.15, 0.2) is 30.5 Å². The maximum absolute atomic E-state index is 11.4. The quantitative estimate of drug-likeness (QED) is 0.298. The third kappa shape index (κ3) is 4.15. The molecular formula is C12H16O4. The zero-order chi connectivity index (χ0) is 12.6. The number of esters is 2. The highest BCUT2D eigenvalue weighted by Crippen LogP contribution is 2.17. The molecule has 0 atom stereocenters. The minimum absolute atomic E-state index is 0.189. The van der Waals surface area contributed by atoms with Crippen molar-refractivity contribution >= 4 is 11.9 Å². The lowest BCUT2D eigenvalue weighted by Gasteiger charge is -2.12. The van der Waals surface area contributed by atoms with Crippen LogP contribution in [-0.2, 0) is 19.1 Å². The zero-order valence-electron chi connectivity index (χ0n) is 9.62. The molecule has 0 spiro atoms. The summed E-state index contributed by atoms with van der Waals surface area (Å²) in [5.41, 5.74) is 3.39. The van der Waals surface area contributed by atoms with E-state index in [1.54, 1.807) is 6.08 Å². The van der Waals surface area contributed by atoms with Crippen LogP contribution >= 0.6 is 0 Å². The van der Waals surface area contributed by atoms with Gasteiger partial charge in [-0.2, -0.15) is 0 Å². The van der Waals surface area contributed by atoms with Crippen molar-refractivity contribution in [2.24, 2.45) is 5.92 Å². The SMILES string of the molecule is C=C=C(CC=C)CC(C(=O)OC)C(=O)OC. The molecule has 88 valence electrons. The molecule has 0 unspecified atom stereocenters. The van der Waals surface area contributed by atoms with E-state index in [9.17, 15) is 9.59 Å². The molecule has 0 bridgehead atoms. The second-order valence-electron chi connectivity index (χ2n) is 3.08. The van der Waals surface area contributed by atoms with Crippen molar-refractivity contribution in [3.63, 3.8) is 0 Å². The first-order valence-corrected chi connectivity index (χ1v) is 4.75. The number of hydrogen-bond donors (Lipinski definition) is 0. The summed E-state index contributed by atoms with van der Waals surface area (Å²) in [4.78, 5) is 22.7. The van der Waals surface area contributed by atoms with Crippen molar-refractivity contribution in [1.82, 2.24) is 0 Å². The van der Waals surface area contributed by atoms with Crippen LogP contribution in [0.1, 0.15) is 12.8 Å². The molecule has 0 amide bonds. The van der Waals surface area contributed by atoms with Gasteiger partial charge in [0.15, 0.2) is 5.92 Å². The Morgan fingerprint density at radius 3 is 2.12 bits per heavy atom. The summed E-state index contributed by atoms with van der Waals surface area (Å²) in [5, 5.41) is 0. The summed E-state index contributed by atoms with van der Waals surface area (Å²) in [6, 6.07) is 0. The number of carbonyl (C=O) groups is 2. The number of hydrogen-bond acceptors (Lipinski definition) is 4. The second-order valence-corrected chi connectivity index (χ2v) is 3.08. The molecule has 0 aliphatic heterocycles. The van der Waals surface area contributed by atoms with Gasteiger partial charge in [-0.05, 0) is 12.0 Å². The number of methoxy groups -OCH3 is 2. The van der Waals surface area contributed by atoms with Crippen LogP contribution in [0.3, 0.4) is 0 Å². The van der Waals surface area contributed by atoms with E-state index in [1.807, 2.05) is 0 Å². The fourth-order valence-electron chi connectivity index (χ4n) is 1.20. The van der Waals surface area contributed by atoms with Gasteiger partial charge in [0.05, 0.1) is 14.2 Å². The van der Waals surface area contributed by atoms with Crippen molar-refractivity contribution in [2.45, 2.75) is 12.8 Å². The third-order valence-electron chi connectivity index (χ3n) is 2.06. The molecule has 0 aromatic heterocycles. The normalized spacial score (nSPS) is 9.19. The van der Waals surface area contributed by atoms with Crippen molar-refractivity contribution in [2.75, 3.05) is 14.2 Å². The first-order chi connectivity index (χ1) is 7.60. The Morgan fingerprint density at radius 1 is 1.31 bits per heavy atom. The van der Waals surface area contributed by atoms with E-state index in [4.69, 9.17) is 0 Å². The Labute approximate surface area is 95.2 Å². The third-order valence-corrected chi connectivity index (χ3v) is 2.06. The lowest BCUT2D eigenvalue weighted by atomic mass is 9.98. The van der Waals surface area contributed by atoms with E-state index in [1.165, 1.54) is 14.2 Å². The van der Waals surface area contributed by atoms with Crippen LogP contribution < -0.4 is 0 Å². The van der Waals surface area contributed by atoms with Gasteiger partial charge in [0.25, 0.3) is 0 Å². The minimum Gasteiger partial charge on any atom is -0.468 e. The predicted molar refractivity (Wildman–Crippen MR) is 59.6 cm³/mol. The molecule has 0 heterocycles. The van der Waals surface area contributed by atoms with Gasteiger partial charge in [-0.15, -0.1) is 12.3 Å². The van der Waals surface area contributed by atoms with E-state index in [-0.39, 0.29) is 6.42 Å². The van der Waals surface area contributed by atoms with E-state index in [0.717, 1.165) is 5.57 Å². The van der Waals surface area contributed by atoms with Gasteiger partial charge in [0, 0.05) is 6.42 Å². The minimum atomic E-state index is -0.959. The van der Waals surface area contributed by atoms with Crippen molar-refractivity contribution in [1.29, 1.82) is 0 Å². The standard InChI is InChI=1S/C12H16O4/c1-5-7-9(6-2)8-10(11(13)15-3)12(14)16-4/h5,10H,1-2,7-8H2,3-4H3.